The number of aromatic nitrogens is 2. The molecule has 2 aromatic rings. The number of carbonyl (C=O) groups excluding carboxylic acids is 1. The lowest BCUT2D eigenvalue weighted by molar-refractivity contribution is -0.137. The highest BCUT2D eigenvalue weighted by Crippen LogP contribution is 2.04. The van der Waals surface area contributed by atoms with Crippen molar-refractivity contribution in [3.8, 4) is 0 Å². The van der Waals surface area contributed by atoms with Gasteiger partial charge in [0.05, 0.1) is 17.2 Å². The number of rotatable bonds is 7. The number of carboxylic acids is 1. The molecule has 116 valence electrons. The molecular weight excluding hydrogens is 286 g/mol. The van der Waals surface area contributed by atoms with Gasteiger partial charge in [0, 0.05) is 13.0 Å². The lowest BCUT2D eigenvalue weighted by atomic mass is 10.2. The summed E-state index contributed by atoms with van der Waals surface area (Å²) in [6.45, 7) is 0.289. The second-order valence-corrected chi connectivity index (χ2v) is 4.90. The first-order chi connectivity index (χ1) is 10.6. The maximum absolute atomic E-state index is 12.2. The van der Waals surface area contributed by atoms with E-state index >= 15 is 0 Å². The first-order valence-electron chi connectivity index (χ1n) is 7.00. The predicted octanol–water partition coefficient (Wildman–Crippen LogP) is 0.768. The average Bonchev–Trinajstić information content (AvgIpc) is 2.50. The number of aliphatic carboxylic acids is 1. The minimum Gasteiger partial charge on any atom is -0.481 e. The molecule has 1 heterocycles. The molecule has 0 fully saturated rings. The molecule has 0 radical (unpaired) electrons. The number of fused-ring (bicyclic) bond motifs is 1. The van der Waals surface area contributed by atoms with E-state index in [1.807, 2.05) is 0 Å². The van der Waals surface area contributed by atoms with Crippen LogP contribution in [0.2, 0.25) is 0 Å². The number of nitrogens with one attached hydrogen (secondary N) is 1. The highest BCUT2D eigenvalue weighted by molar-refractivity contribution is 5.78. The van der Waals surface area contributed by atoms with Crippen LogP contribution in [0.15, 0.2) is 35.4 Å². The molecule has 0 saturated heterocycles. The van der Waals surface area contributed by atoms with Crippen LogP contribution in [0.4, 0.5) is 0 Å². The van der Waals surface area contributed by atoms with Gasteiger partial charge in [0.1, 0.15) is 6.54 Å². The molecule has 2 rings (SSSR count). The van der Waals surface area contributed by atoms with Crippen LogP contribution in [0, 0.1) is 0 Å². The fraction of sp³-hybridized carbons (Fsp3) is 0.333. The van der Waals surface area contributed by atoms with E-state index in [2.05, 4.69) is 10.3 Å². The Bertz CT molecular complexity index is 739. The number of benzene rings is 1. The van der Waals surface area contributed by atoms with E-state index < -0.39 is 5.97 Å². The van der Waals surface area contributed by atoms with Crippen molar-refractivity contribution in [1.29, 1.82) is 0 Å². The molecule has 0 aliphatic heterocycles. The Labute approximate surface area is 126 Å². The Balaban J connectivity index is 1.91. The van der Waals surface area contributed by atoms with Gasteiger partial charge in [-0.2, -0.15) is 0 Å². The summed E-state index contributed by atoms with van der Waals surface area (Å²) in [6.07, 6.45) is 2.54. The number of nitrogens with zero attached hydrogens (tertiary/aromatic N) is 2. The summed E-state index contributed by atoms with van der Waals surface area (Å²) in [5, 5.41) is 11.6. The van der Waals surface area contributed by atoms with Gasteiger partial charge in [-0.1, -0.05) is 12.1 Å². The normalized spacial score (nSPS) is 10.5. The number of para-hydroxylation sites is 1. The van der Waals surface area contributed by atoms with Crippen molar-refractivity contribution in [3.05, 3.63) is 40.9 Å². The first kappa shape index (κ1) is 15.7. The van der Waals surface area contributed by atoms with Crippen LogP contribution in [0.5, 0.6) is 0 Å². The molecule has 0 spiro atoms. The van der Waals surface area contributed by atoms with Crippen molar-refractivity contribution < 1.29 is 14.7 Å². The zero-order valence-corrected chi connectivity index (χ0v) is 12.0. The van der Waals surface area contributed by atoms with Crippen molar-refractivity contribution in [1.82, 2.24) is 14.9 Å². The third kappa shape index (κ3) is 4.15. The van der Waals surface area contributed by atoms with Gasteiger partial charge in [-0.25, -0.2) is 4.98 Å². The summed E-state index contributed by atoms with van der Waals surface area (Å²) >= 11 is 0. The fourth-order valence-corrected chi connectivity index (χ4v) is 2.06. The van der Waals surface area contributed by atoms with Crippen LogP contribution in [0.25, 0.3) is 10.9 Å². The van der Waals surface area contributed by atoms with Gasteiger partial charge < -0.3 is 10.4 Å². The monoisotopic (exact) mass is 303 g/mol. The van der Waals surface area contributed by atoms with Crippen LogP contribution in [0.1, 0.15) is 19.3 Å². The Morgan fingerprint density at radius 2 is 2.00 bits per heavy atom. The highest BCUT2D eigenvalue weighted by Gasteiger charge is 2.07. The first-order valence-corrected chi connectivity index (χ1v) is 7.00. The molecule has 0 unspecified atom stereocenters. The number of unbranched alkanes of at least 4 members (excludes halogenated alkanes) is 1. The molecular formula is C15H17N3O4. The van der Waals surface area contributed by atoms with E-state index in [4.69, 9.17) is 5.11 Å². The predicted molar refractivity (Wildman–Crippen MR) is 80.5 cm³/mol. The molecule has 0 atom stereocenters. The molecule has 1 amide bonds. The molecule has 1 aromatic carbocycles. The SMILES string of the molecule is O=C(O)CCCCNC(=O)Cn1cnc2ccccc2c1=O. The second kappa shape index (κ2) is 7.35. The van der Waals surface area contributed by atoms with Gasteiger partial charge in [0.25, 0.3) is 5.56 Å². The number of amides is 1. The Morgan fingerprint density at radius 3 is 2.77 bits per heavy atom. The average molecular weight is 303 g/mol. The van der Waals surface area contributed by atoms with Gasteiger partial charge in [0.15, 0.2) is 0 Å². The van der Waals surface area contributed by atoms with E-state index in [-0.39, 0.29) is 24.4 Å². The van der Waals surface area contributed by atoms with Gasteiger partial charge in [-0.15, -0.1) is 0 Å². The standard InChI is InChI=1S/C15H17N3O4/c19-13(16-8-4-3-7-14(20)21)9-18-10-17-12-6-2-1-5-11(12)15(18)22/h1-2,5-6,10H,3-4,7-9H2,(H,16,19)(H,20,21). The van der Waals surface area contributed by atoms with E-state index in [1.165, 1.54) is 10.9 Å². The molecule has 2 N–H and O–H groups in total. The molecule has 1 aromatic heterocycles. The topological polar surface area (TPSA) is 101 Å². The Morgan fingerprint density at radius 1 is 1.23 bits per heavy atom. The molecule has 0 aliphatic carbocycles. The lowest BCUT2D eigenvalue weighted by Gasteiger charge is -2.07. The molecule has 0 bridgehead atoms. The van der Waals surface area contributed by atoms with Crippen molar-refractivity contribution >= 4 is 22.8 Å². The largest absolute Gasteiger partial charge is 0.481 e. The van der Waals surface area contributed by atoms with Crippen LogP contribution >= 0.6 is 0 Å². The third-order valence-corrected chi connectivity index (χ3v) is 3.19. The van der Waals surface area contributed by atoms with Crippen LogP contribution < -0.4 is 10.9 Å². The zero-order valence-electron chi connectivity index (χ0n) is 12.0. The highest BCUT2D eigenvalue weighted by atomic mass is 16.4. The quantitative estimate of drug-likeness (QED) is 0.736. The Hall–Kier alpha value is -2.70. The van der Waals surface area contributed by atoms with Crippen molar-refractivity contribution in [2.24, 2.45) is 0 Å². The van der Waals surface area contributed by atoms with Crippen LogP contribution in [0.3, 0.4) is 0 Å². The maximum Gasteiger partial charge on any atom is 0.303 e. The summed E-state index contributed by atoms with van der Waals surface area (Å²) in [4.78, 5) is 38.5. The summed E-state index contributed by atoms with van der Waals surface area (Å²) in [7, 11) is 0. The van der Waals surface area contributed by atoms with E-state index in [0.717, 1.165) is 0 Å². The van der Waals surface area contributed by atoms with Gasteiger partial charge >= 0.3 is 5.97 Å². The summed E-state index contributed by atoms with van der Waals surface area (Å²) in [6, 6.07) is 6.95. The van der Waals surface area contributed by atoms with E-state index in [1.54, 1.807) is 24.3 Å². The smallest absolute Gasteiger partial charge is 0.303 e. The van der Waals surface area contributed by atoms with Crippen LogP contribution in [-0.2, 0) is 16.1 Å². The van der Waals surface area contributed by atoms with E-state index in [0.29, 0.717) is 30.3 Å². The molecule has 7 heteroatoms. The number of carbonyl (C=O) groups is 2. The number of hydrogen-bond acceptors (Lipinski definition) is 4. The lowest BCUT2D eigenvalue weighted by Crippen LogP contribution is -2.33. The minimum atomic E-state index is -0.847. The maximum atomic E-state index is 12.2. The van der Waals surface area contributed by atoms with Gasteiger partial charge in [-0.05, 0) is 25.0 Å². The van der Waals surface area contributed by atoms with Crippen molar-refractivity contribution in [2.45, 2.75) is 25.8 Å². The summed E-state index contributed by atoms with van der Waals surface area (Å²) in [5.41, 5.74) is 0.337. The number of carboxylic acid groups (broad SMARTS) is 1. The third-order valence-electron chi connectivity index (χ3n) is 3.19. The second-order valence-electron chi connectivity index (χ2n) is 4.90. The van der Waals surface area contributed by atoms with E-state index in [9.17, 15) is 14.4 Å². The molecule has 0 aliphatic rings. The van der Waals surface area contributed by atoms with Crippen molar-refractivity contribution in [3.63, 3.8) is 0 Å². The van der Waals surface area contributed by atoms with Gasteiger partial charge in [-0.3, -0.25) is 19.0 Å². The molecule has 7 nitrogen and oxygen atoms in total. The Kier molecular flexibility index (Phi) is 5.24. The van der Waals surface area contributed by atoms with Crippen LogP contribution in [-0.4, -0.2) is 33.1 Å². The summed E-state index contributed by atoms with van der Waals surface area (Å²) < 4.78 is 1.26. The summed E-state index contributed by atoms with van der Waals surface area (Å²) in [5.74, 6) is -1.14. The van der Waals surface area contributed by atoms with Crippen molar-refractivity contribution in [2.75, 3.05) is 6.54 Å². The fourth-order valence-electron chi connectivity index (χ4n) is 2.06. The minimum absolute atomic E-state index is 0.0872. The molecule has 22 heavy (non-hydrogen) atoms. The zero-order chi connectivity index (χ0) is 15.9. The molecule has 0 saturated carbocycles. The number of hydrogen-bond donors (Lipinski definition) is 2. The van der Waals surface area contributed by atoms with Gasteiger partial charge in [0.2, 0.25) is 5.91 Å².